The largest absolute Gasteiger partial charge is 0.206 e. The van der Waals surface area contributed by atoms with Crippen molar-refractivity contribution in [2.24, 2.45) is 5.92 Å². The minimum Gasteiger partial charge on any atom is -0.206 e. The van der Waals surface area contributed by atoms with Gasteiger partial charge in [0.2, 0.25) is 0 Å². The van der Waals surface area contributed by atoms with E-state index in [4.69, 9.17) is 5.26 Å². The molecule has 0 aliphatic heterocycles. The van der Waals surface area contributed by atoms with Crippen molar-refractivity contribution in [3.05, 3.63) is 71.3 Å². The lowest BCUT2D eigenvalue weighted by Crippen LogP contribution is -2.12. The van der Waals surface area contributed by atoms with Crippen molar-refractivity contribution >= 4 is 10.8 Å². The van der Waals surface area contributed by atoms with Gasteiger partial charge in [0, 0.05) is 10.9 Å². The maximum Gasteiger partial charge on any atom is 0.148 e. The molecule has 0 saturated heterocycles. The summed E-state index contributed by atoms with van der Waals surface area (Å²) in [5.41, 5.74) is 2.35. The quantitative estimate of drug-likeness (QED) is 0.470. The SMILES string of the molecule is CCC1CCC(c2ccc(-c3ccc4c(F)c(C#N)ccc4c3)c(F)c2)CC1. The van der Waals surface area contributed by atoms with Crippen molar-refractivity contribution in [2.75, 3.05) is 0 Å². The van der Waals surface area contributed by atoms with Gasteiger partial charge in [-0.2, -0.15) is 5.26 Å². The van der Waals surface area contributed by atoms with E-state index < -0.39 is 5.82 Å². The van der Waals surface area contributed by atoms with E-state index in [2.05, 4.69) is 6.92 Å². The molecule has 142 valence electrons. The molecule has 3 aromatic carbocycles. The third-order valence-electron chi connectivity index (χ3n) is 6.27. The average molecular weight is 375 g/mol. The fourth-order valence-electron chi connectivity index (χ4n) is 4.47. The lowest BCUT2D eigenvalue weighted by atomic mass is 9.77. The lowest BCUT2D eigenvalue weighted by molar-refractivity contribution is 0.318. The maximum atomic E-state index is 14.9. The van der Waals surface area contributed by atoms with Crippen LogP contribution < -0.4 is 0 Å². The second-order valence-corrected chi connectivity index (χ2v) is 7.84. The van der Waals surface area contributed by atoms with E-state index >= 15 is 0 Å². The molecule has 3 aromatic rings. The van der Waals surface area contributed by atoms with E-state index in [9.17, 15) is 8.78 Å². The standard InChI is InChI=1S/C25H23F2N/c1-2-16-3-5-17(6-4-16)18-9-11-22(24(26)14-18)19-10-12-23-20(13-19)7-8-21(15-28)25(23)27/h7-14,16-17H,2-6H2,1H3. The van der Waals surface area contributed by atoms with Crippen LogP contribution in [0.25, 0.3) is 21.9 Å². The molecule has 4 rings (SSSR count). The van der Waals surface area contributed by atoms with Crippen LogP contribution in [0.2, 0.25) is 0 Å². The van der Waals surface area contributed by atoms with Crippen LogP contribution in [0.15, 0.2) is 48.5 Å². The lowest BCUT2D eigenvalue weighted by Gasteiger charge is -2.28. The molecule has 1 nitrogen and oxygen atoms in total. The van der Waals surface area contributed by atoms with Crippen molar-refractivity contribution in [2.45, 2.75) is 44.9 Å². The van der Waals surface area contributed by atoms with E-state index in [0.717, 1.165) is 29.9 Å². The maximum absolute atomic E-state index is 14.9. The van der Waals surface area contributed by atoms with Crippen LogP contribution in [0.5, 0.6) is 0 Å². The third kappa shape index (κ3) is 3.40. The molecule has 1 saturated carbocycles. The van der Waals surface area contributed by atoms with Gasteiger partial charge in [-0.25, -0.2) is 8.78 Å². The van der Waals surface area contributed by atoms with Crippen LogP contribution in [0.4, 0.5) is 8.78 Å². The second-order valence-electron chi connectivity index (χ2n) is 7.84. The molecule has 0 aromatic heterocycles. The van der Waals surface area contributed by atoms with Crippen molar-refractivity contribution in [1.29, 1.82) is 5.26 Å². The first-order valence-electron chi connectivity index (χ1n) is 10.0. The Balaban J connectivity index is 1.64. The van der Waals surface area contributed by atoms with Gasteiger partial charge in [0.15, 0.2) is 0 Å². The van der Waals surface area contributed by atoms with Crippen molar-refractivity contribution < 1.29 is 8.78 Å². The Bertz CT molecular complexity index is 1060. The fraction of sp³-hybridized carbons (Fsp3) is 0.320. The molecule has 0 N–H and O–H groups in total. The van der Waals surface area contributed by atoms with Crippen LogP contribution >= 0.6 is 0 Å². The van der Waals surface area contributed by atoms with Gasteiger partial charge in [0.05, 0.1) is 5.56 Å². The van der Waals surface area contributed by atoms with Gasteiger partial charge in [-0.05, 0) is 72.2 Å². The van der Waals surface area contributed by atoms with E-state index in [1.54, 1.807) is 30.3 Å². The molecule has 0 amide bonds. The molecule has 28 heavy (non-hydrogen) atoms. The van der Waals surface area contributed by atoms with Crippen molar-refractivity contribution in [1.82, 2.24) is 0 Å². The van der Waals surface area contributed by atoms with Crippen molar-refractivity contribution in [3.8, 4) is 17.2 Å². The molecule has 0 radical (unpaired) electrons. The molecular weight excluding hydrogens is 352 g/mol. The highest BCUT2D eigenvalue weighted by Gasteiger charge is 2.22. The summed E-state index contributed by atoms with van der Waals surface area (Å²) in [5, 5.41) is 10.0. The molecule has 1 aliphatic rings. The molecule has 0 bridgehead atoms. The van der Waals surface area contributed by atoms with Crippen LogP contribution in [0.3, 0.4) is 0 Å². The summed E-state index contributed by atoms with van der Waals surface area (Å²) in [6.45, 7) is 2.25. The number of benzene rings is 3. The van der Waals surface area contributed by atoms with E-state index in [0.29, 0.717) is 22.3 Å². The Morgan fingerprint density at radius 1 is 0.964 bits per heavy atom. The van der Waals surface area contributed by atoms with Gasteiger partial charge in [-0.15, -0.1) is 0 Å². The van der Waals surface area contributed by atoms with Gasteiger partial charge in [0.25, 0.3) is 0 Å². The highest BCUT2D eigenvalue weighted by Crippen LogP contribution is 2.38. The molecule has 1 fully saturated rings. The smallest absolute Gasteiger partial charge is 0.148 e. The third-order valence-corrected chi connectivity index (χ3v) is 6.27. The van der Waals surface area contributed by atoms with Crippen LogP contribution in [0, 0.1) is 28.9 Å². The number of hydrogen-bond donors (Lipinski definition) is 0. The van der Waals surface area contributed by atoms with Gasteiger partial charge < -0.3 is 0 Å². The summed E-state index contributed by atoms with van der Waals surface area (Å²) in [6, 6.07) is 15.7. The van der Waals surface area contributed by atoms with Crippen LogP contribution in [-0.4, -0.2) is 0 Å². The Morgan fingerprint density at radius 2 is 1.75 bits per heavy atom. The zero-order valence-electron chi connectivity index (χ0n) is 16.0. The summed E-state index contributed by atoms with van der Waals surface area (Å²) in [4.78, 5) is 0. The van der Waals surface area contributed by atoms with Crippen LogP contribution in [0.1, 0.15) is 56.1 Å². The Hall–Kier alpha value is -2.73. The first-order chi connectivity index (χ1) is 13.6. The average Bonchev–Trinajstić information content (AvgIpc) is 2.74. The number of nitrogens with zero attached hydrogens (tertiary/aromatic N) is 1. The number of rotatable bonds is 3. The van der Waals surface area contributed by atoms with Gasteiger partial charge in [0.1, 0.15) is 17.7 Å². The highest BCUT2D eigenvalue weighted by molar-refractivity contribution is 5.89. The minimum absolute atomic E-state index is 0.0218. The van der Waals surface area contributed by atoms with E-state index in [1.807, 2.05) is 18.2 Å². The first-order valence-corrected chi connectivity index (χ1v) is 10.0. The number of fused-ring (bicyclic) bond motifs is 1. The van der Waals surface area contributed by atoms with Gasteiger partial charge in [-0.1, -0.05) is 43.7 Å². The summed E-state index contributed by atoms with van der Waals surface area (Å²) < 4.78 is 29.2. The predicted molar refractivity (Wildman–Crippen MR) is 109 cm³/mol. The molecule has 3 heteroatoms. The normalized spacial score (nSPS) is 19.5. The highest BCUT2D eigenvalue weighted by atomic mass is 19.1. The molecule has 0 atom stereocenters. The molecule has 0 heterocycles. The minimum atomic E-state index is -0.523. The van der Waals surface area contributed by atoms with Gasteiger partial charge in [-0.3, -0.25) is 0 Å². The molecule has 1 aliphatic carbocycles. The monoisotopic (exact) mass is 375 g/mol. The zero-order valence-corrected chi connectivity index (χ0v) is 16.0. The number of halogens is 2. The Morgan fingerprint density at radius 3 is 2.43 bits per heavy atom. The Kier molecular flexibility index (Phi) is 5.13. The zero-order chi connectivity index (χ0) is 19.7. The molecular formula is C25H23F2N. The van der Waals surface area contributed by atoms with Crippen molar-refractivity contribution in [3.63, 3.8) is 0 Å². The topological polar surface area (TPSA) is 23.8 Å². The van der Waals surface area contributed by atoms with Crippen LogP contribution in [-0.2, 0) is 0 Å². The fourth-order valence-corrected chi connectivity index (χ4v) is 4.47. The molecule has 0 unspecified atom stereocenters. The Labute approximate surface area is 164 Å². The number of hydrogen-bond acceptors (Lipinski definition) is 1. The summed E-state index contributed by atoms with van der Waals surface area (Å²) in [5.74, 6) is 0.509. The summed E-state index contributed by atoms with van der Waals surface area (Å²) in [7, 11) is 0. The molecule has 0 spiro atoms. The number of nitriles is 1. The van der Waals surface area contributed by atoms with E-state index in [1.165, 1.54) is 25.3 Å². The first kappa shape index (κ1) is 18.6. The summed E-state index contributed by atoms with van der Waals surface area (Å²) >= 11 is 0. The second kappa shape index (κ2) is 7.72. The van der Waals surface area contributed by atoms with E-state index in [-0.39, 0.29) is 11.4 Å². The predicted octanol–water partition coefficient (Wildman–Crippen LogP) is 7.34. The van der Waals surface area contributed by atoms with Gasteiger partial charge >= 0.3 is 0 Å². The summed E-state index contributed by atoms with van der Waals surface area (Å²) in [6.07, 6.45) is 5.96.